The first-order chi connectivity index (χ1) is 8.63. The fourth-order valence-electron chi connectivity index (χ4n) is 2.12. The van der Waals surface area contributed by atoms with Gasteiger partial charge in [0, 0.05) is 10.6 Å². The zero-order valence-electron chi connectivity index (χ0n) is 10.2. The molecule has 0 unspecified atom stereocenters. The second kappa shape index (κ2) is 4.38. The second-order valence-electron chi connectivity index (χ2n) is 4.46. The zero-order chi connectivity index (χ0) is 12.7. The molecule has 18 heavy (non-hydrogen) atoms. The van der Waals surface area contributed by atoms with Gasteiger partial charge in [-0.25, -0.2) is 4.98 Å². The highest BCUT2D eigenvalue weighted by Crippen LogP contribution is 2.33. The number of aryl methyl sites for hydroxylation is 2. The summed E-state index contributed by atoms with van der Waals surface area (Å²) in [7, 11) is 0. The van der Waals surface area contributed by atoms with Gasteiger partial charge in [0.1, 0.15) is 5.01 Å². The molecule has 1 heterocycles. The molecule has 90 valence electrons. The Morgan fingerprint density at radius 1 is 1.11 bits per heavy atom. The summed E-state index contributed by atoms with van der Waals surface area (Å²) in [5, 5.41) is 1.78. The van der Waals surface area contributed by atoms with E-state index in [1.807, 2.05) is 24.3 Å². The number of nitrogens with zero attached hydrogens (tertiary/aromatic N) is 1. The van der Waals surface area contributed by atoms with E-state index in [1.54, 1.807) is 11.3 Å². The number of hydrogen-bond acceptors (Lipinski definition) is 2. The highest BCUT2D eigenvalue weighted by Gasteiger charge is 2.08. The highest BCUT2D eigenvalue weighted by molar-refractivity contribution is 7.21. The van der Waals surface area contributed by atoms with Crippen molar-refractivity contribution in [3.05, 3.63) is 52.5 Å². The maximum Gasteiger partial charge on any atom is 0.124 e. The molecule has 0 N–H and O–H groups in total. The van der Waals surface area contributed by atoms with E-state index in [2.05, 4.69) is 26.0 Å². The van der Waals surface area contributed by atoms with E-state index in [-0.39, 0.29) is 0 Å². The van der Waals surface area contributed by atoms with Gasteiger partial charge >= 0.3 is 0 Å². The van der Waals surface area contributed by atoms with Crippen LogP contribution in [0.4, 0.5) is 0 Å². The molecular weight excluding hydrogens is 262 g/mol. The van der Waals surface area contributed by atoms with Crippen LogP contribution < -0.4 is 0 Å². The van der Waals surface area contributed by atoms with Crippen molar-refractivity contribution in [1.29, 1.82) is 0 Å². The van der Waals surface area contributed by atoms with Crippen LogP contribution in [0.25, 0.3) is 20.8 Å². The number of benzene rings is 2. The van der Waals surface area contributed by atoms with Crippen molar-refractivity contribution >= 4 is 33.2 Å². The molecule has 0 spiro atoms. The van der Waals surface area contributed by atoms with E-state index in [4.69, 9.17) is 16.6 Å². The van der Waals surface area contributed by atoms with Crippen LogP contribution in [0.1, 0.15) is 11.1 Å². The van der Waals surface area contributed by atoms with Gasteiger partial charge in [0.2, 0.25) is 0 Å². The fraction of sp³-hybridized carbons (Fsp3) is 0.133. The summed E-state index contributed by atoms with van der Waals surface area (Å²) in [5.41, 5.74) is 4.69. The van der Waals surface area contributed by atoms with Crippen LogP contribution in [0.3, 0.4) is 0 Å². The molecule has 3 aromatic rings. The minimum absolute atomic E-state index is 0.750. The molecule has 0 aliphatic rings. The molecule has 1 aromatic heterocycles. The molecule has 3 rings (SSSR count). The standard InChI is InChI=1S/C15H12ClNS/c1-9-6-10(2)14-13(7-9)18-15(17-14)11-4-3-5-12(16)8-11/h3-8H,1-2H3. The van der Waals surface area contributed by atoms with Crippen molar-refractivity contribution < 1.29 is 0 Å². The lowest BCUT2D eigenvalue weighted by Gasteiger charge is -1.96. The van der Waals surface area contributed by atoms with Crippen LogP contribution in [0.2, 0.25) is 5.02 Å². The van der Waals surface area contributed by atoms with Crippen LogP contribution in [-0.2, 0) is 0 Å². The first-order valence-electron chi connectivity index (χ1n) is 5.77. The summed E-state index contributed by atoms with van der Waals surface area (Å²) in [6.07, 6.45) is 0. The Balaban J connectivity index is 2.22. The fourth-order valence-corrected chi connectivity index (χ4v) is 3.44. The molecule has 1 nitrogen and oxygen atoms in total. The van der Waals surface area contributed by atoms with Gasteiger partial charge in [0.25, 0.3) is 0 Å². The van der Waals surface area contributed by atoms with E-state index in [0.717, 1.165) is 21.1 Å². The average Bonchev–Trinajstić information content (AvgIpc) is 2.73. The first kappa shape index (κ1) is 11.7. The van der Waals surface area contributed by atoms with Crippen LogP contribution in [-0.4, -0.2) is 4.98 Å². The third-order valence-electron chi connectivity index (χ3n) is 2.90. The Morgan fingerprint density at radius 2 is 1.94 bits per heavy atom. The SMILES string of the molecule is Cc1cc(C)c2nc(-c3cccc(Cl)c3)sc2c1. The topological polar surface area (TPSA) is 12.9 Å². The highest BCUT2D eigenvalue weighted by atomic mass is 35.5. The van der Waals surface area contributed by atoms with Gasteiger partial charge in [-0.2, -0.15) is 0 Å². The van der Waals surface area contributed by atoms with E-state index in [9.17, 15) is 0 Å². The molecule has 0 aliphatic heterocycles. The molecule has 0 atom stereocenters. The van der Waals surface area contributed by atoms with Crippen LogP contribution in [0, 0.1) is 13.8 Å². The van der Waals surface area contributed by atoms with Crippen LogP contribution in [0.5, 0.6) is 0 Å². The quantitative estimate of drug-likeness (QED) is 0.591. The van der Waals surface area contributed by atoms with Crippen molar-refractivity contribution in [2.24, 2.45) is 0 Å². The van der Waals surface area contributed by atoms with E-state index < -0.39 is 0 Å². The van der Waals surface area contributed by atoms with Crippen LogP contribution >= 0.6 is 22.9 Å². The van der Waals surface area contributed by atoms with Gasteiger partial charge in [0.05, 0.1) is 10.2 Å². The first-order valence-corrected chi connectivity index (χ1v) is 6.96. The molecule has 0 saturated heterocycles. The third kappa shape index (κ3) is 2.02. The van der Waals surface area contributed by atoms with Gasteiger partial charge in [0.15, 0.2) is 0 Å². The Kier molecular flexibility index (Phi) is 2.84. The molecule has 0 saturated carbocycles. The Hall–Kier alpha value is -1.38. The van der Waals surface area contributed by atoms with Crippen molar-refractivity contribution in [2.75, 3.05) is 0 Å². The predicted octanol–water partition coefficient (Wildman–Crippen LogP) is 5.23. The van der Waals surface area contributed by atoms with Crippen molar-refractivity contribution in [1.82, 2.24) is 4.98 Å². The lowest BCUT2D eigenvalue weighted by atomic mass is 10.1. The molecule has 0 aliphatic carbocycles. The molecule has 0 amide bonds. The van der Waals surface area contributed by atoms with Gasteiger partial charge in [-0.3, -0.25) is 0 Å². The van der Waals surface area contributed by atoms with Gasteiger partial charge < -0.3 is 0 Å². The Bertz CT molecular complexity index is 730. The average molecular weight is 274 g/mol. The molecule has 0 radical (unpaired) electrons. The second-order valence-corrected chi connectivity index (χ2v) is 5.93. The minimum atomic E-state index is 0.750. The summed E-state index contributed by atoms with van der Waals surface area (Å²) in [6.45, 7) is 4.22. The molecule has 0 bridgehead atoms. The Morgan fingerprint density at radius 3 is 2.72 bits per heavy atom. The van der Waals surface area contributed by atoms with Crippen molar-refractivity contribution in [2.45, 2.75) is 13.8 Å². The predicted molar refractivity (Wildman–Crippen MR) is 79.5 cm³/mol. The number of rotatable bonds is 1. The normalized spacial score (nSPS) is 11.1. The summed E-state index contributed by atoms with van der Waals surface area (Å²) in [6, 6.07) is 12.2. The summed E-state index contributed by atoms with van der Waals surface area (Å²) in [4.78, 5) is 4.72. The maximum atomic E-state index is 6.03. The van der Waals surface area contributed by atoms with E-state index in [0.29, 0.717) is 0 Å². The number of aromatic nitrogens is 1. The number of halogens is 1. The molecule has 2 aromatic carbocycles. The number of fused-ring (bicyclic) bond motifs is 1. The zero-order valence-corrected chi connectivity index (χ0v) is 11.8. The maximum absolute atomic E-state index is 6.03. The smallest absolute Gasteiger partial charge is 0.124 e. The van der Waals surface area contributed by atoms with Gasteiger partial charge in [-0.1, -0.05) is 29.8 Å². The molecule has 3 heteroatoms. The largest absolute Gasteiger partial charge is 0.236 e. The van der Waals surface area contributed by atoms with Gasteiger partial charge in [-0.05, 0) is 43.2 Å². The monoisotopic (exact) mass is 273 g/mol. The van der Waals surface area contributed by atoms with Crippen LogP contribution in [0.15, 0.2) is 36.4 Å². The third-order valence-corrected chi connectivity index (χ3v) is 4.19. The van der Waals surface area contributed by atoms with E-state index in [1.165, 1.54) is 15.8 Å². The Labute approximate surface area is 115 Å². The lowest BCUT2D eigenvalue weighted by Crippen LogP contribution is -1.79. The summed E-state index contributed by atoms with van der Waals surface area (Å²) < 4.78 is 1.24. The van der Waals surface area contributed by atoms with Crippen molar-refractivity contribution in [3.63, 3.8) is 0 Å². The lowest BCUT2D eigenvalue weighted by molar-refractivity contribution is 1.38. The van der Waals surface area contributed by atoms with E-state index >= 15 is 0 Å². The van der Waals surface area contributed by atoms with Crippen molar-refractivity contribution in [3.8, 4) is 10.6 Å². The molecule has 0 fully saturated rings. The number of thiazole rings is 1. The minimum Gasteiger partial charge on any atom is -0.236 e. The molecular formula is C15H12ClNS. The van der Waals surface area contributed by atoms with Gasteiger partial charge in [-0.15, -0.1) is 11.3 Å². The number of hydrogen-bond donors (Lipinski definition) is 0. The summed E-state index contributed by atoms with van der Waals surface area (Å²) in [5.74, 6) is 0. The summed E-state index contributed by atoms with van der Waals surface area (Å²) >= 11 is 7.74.